The summed E-state index contributed by atoms with van der Waals surface area (Å²) >= 11 is 1.72. The molecule has 0 unspecified atom stereocenters. The number of rotatable bonds is 1. The largest absolute Gasteiger partial charge is 0.344 e. The molecule has 1 fully saturated rings. The molecule has 0 bridgehead atoms. The first-order valence-electron chi connectivity index (χ1n) is 5.37. The van der Waals surface area contributed by atoms with Crippen molar-refractivity contribution >= 4 is 16.5 Å². The maximum Gasteiger partial charge on any atom is 0.208 e. The van der Waals surface area contributed by atoms with Gasteiger partial charge in [0.25, 0.3) is 0 Å². The van der Waals surface area contributed by atoms with Crippen LogP contribution in [0.5, 0.6) is 0 Å². The minimum Gasteiger partial charge on any atom is -0.344 e. The second-order valence-electron chi connectivity index (χ2n) is 4.88. The molecular weight excluding hydrogens is 208 g/mol. The zero-order valence-corrected chi connectivity index (χ0v) is 10.4. The van der Waals surface area contributed by atoms with Gasteiger partial charge in [-0.2, -0.15) is 0 Å². The van der Waals surface area contributed by atoms with Crippen LogP contribution in [-0.2, 0) is 5.41 Å². The molecular formula is C10H18N4S. The molecule has 1 aromatic rings. The molecule has 1 N–H and O–H groups in total. The van der Waals surface area contributed by atoms with Crippen LogP contribution >= 0.6 is 11.3 Å². The summed E-state index contributed by atoms with van der Waals surface area (Å²) in [6.45, 7) is 10.7. The number of hydrogen-bond acceptors (Lipinski definition) is 5. The Bertz CT molecular complexity index is 322. The van der Waals surface area contributed by atoms with Crippen LogP contribution in [0.2, 0.25) is 0 Å². The predicted octanol–water partition coefficient (Wildman–Crippen LogP) is 1.25. The highest BCUT2D eigenvalue weighted by Crippen LogP contribution is 2.29. The van der Waals surface area contributed by atoms with Crippen LogP contribution in [0.3, 0.4) is 0 Å². The van der Waals surface area contributed by atoms with Crippen molar-refractivity contribution in [2.75, 3.05) is 31.1 Å². The predicted molar refractivity (Wildman–Crippen MR) is 63.7 cm³/mol. The van der Waals surface area contributed by atoms with Crippen molar-refractivity contribution < 1.29 is 0 Å². The van der Waals surface area contributed by atoms with Gasteiger partial charge in [0.05, 0.1) is 0 Å². The smallest absolute Gasteiger partial charge is 0.208 e. The van der Waals surface area contributed by atoms with Crippen molar-refractivity contribution in [2.45, 2.75) is 26.2 Å². The lowest BCUT2D eigenvalue weighted by Crippen LogP contribution is -2.43. The molecule has 84 valence electrons. The Hall–Kier alpha value is -0.680. The van der Waals surface area contributed by atoms with Gasteiger partial charge in [0.2, 0.25) is 5.13 Å². The topological polar surface area (TPSA) is 41.1 Å². The monoisotopic (exact) mass is 226 g/mol. The van der Waals surface area contributed by atoms with Gasteiger partial charge < -0.3 is 10.2 Å². The zero-order valence-electron chi connectivity index (χ0n) is 9.58. The van der Waals surface area contributed by atoms with E-state index < -0.39 is 0 Å². The van der Waals surface area contributed by atoms with E-state index in [1.54, 1.807) is 11.3 Å². The van der Waals surface area contributed by atoms with Gasteiger partial charge in [-0.15, -0.1) is 10.2 Å². The summed E-state index contributed by atoms with van der Waals surface area (Å²) in [5, 5.41) is 14.1. The van der Waals surface area contributed by atoms with Gasteiger partial charge in [0, 0.05) is 31.6 Å². The quantitative estimate of drug-likeness (QED) is 0.782. The Labute approximate surface area is 94.7 Å². The first-order chi connectivity index (χ1) is 7.07. The highest BCUT2D eigenvalue weighted by molar-refractivity contribution is 7.15. The number of nitrogens with zero attached hydrogens (tertiary/aromatic N) is 3. The molecule has 0 aliphatic carbocycles. The number of nitrogens with one attached hydrogen (secondary N) is 1. The summed E-state index contributed by atoms with van der Waals surface area (Å²) in [5.41, 5.74) is 0.115. The fourth-order valence-electron chi connectivity index (χ4n) is 1.50. The van der Waals surface area contributed by atoms with Crippen LogP contribution in [-0.4, -0.2) is 36.4 Å². The van der Waals surface area contributed by atoms with Gasteiger partial charge >= 0.3 is 0 Å². The third-order valence-corrected chi connectivity index (χ3v) is 3.85. The molecule has 5 heteroatoms. The Balaban J connectivity index is 2.12. The van der Waals surface area contributed by atoms with Gasteiger partial charge in [-0.1, -0.05) is 32.1 Å². The van der Waals surface area contributed by atoms with Crippen LogP contribution in [0, 0.1) is 0 Å². The SMILES string of the molecule is CC(C)(C)c1nnc(N2CCNCC2)s1. The minimum absolute atomic E-state index is 0.115. The second kappa shape index (κ2) is 4.06. The van der Waals surface area contributed by atoms with Gasteiger partial charge in [-0.25, -0.2) is 0 Å². The van der Waals surface area contributed by atoms with Crippen LogP contribution in [0.15, 0.2) is 0 Å². The van der Waals surface area contributed by atoms with Crippen molar-refractivity contribution in [2.24, 2.45) is 0 Å². The van der Waals surface area contributed by atoms with E-state index in [1.807, 2.05) is 0 Å². The molecule has 0 radical (unpaired) electrons. The molecule has 0 saturated carbocycles. The molecule has 0 atom stereocenters. The maximum atomic E-state index is 4.27. The normalized spacial score (nSPS) is 18.2. The van der Waals surface area contributed by atoms with E-state index in [0.717, 1.165) is 36.3 Å². The van der Waals surface area contributed by atoms with Crippen LogP contribution in [0.1, 0.15) is 25.8 Å². The molecule has 1 aromatic heterocycles. The maximum absolute atomic E-state index is 4.27. The molecule has 15 heavy (non-hydrogen) atoms. The minimum atomic E-state index is 0.115. The molecule has 2 heterocycles. The summed E-state index contributed by atoms with van der Waals surface area (Å²) in [4.78, 5) is 2.31. The van der Waals surface area contributed by atoms with Crippen molar-refractivity contribution in [1.82, 2.24) is 15.5 Å². The second-order valence-corrected chi connectivity index (χ2v) is 5.83. The number of anilines is 1. The van der Waals surface area contributed by atoms with Crippen molar-refractivity contribution in [1.29, 1.82) is 0 Å². The molecule has 2 rings (SSSR count). The summed E-state index contributed by atoms with van der Waals surface area (Å²) in [6, 6.07) is 0. The molecule has 1 aliphatic heterocycles. The Morgan fingerprint density at radius 2 is 1.87 bits per heavy atom. The first-order valence-corrected chi connectivity index (χ1v) is 6.19. The molecule has 0 spiro atoms. The van der Waals surface area contributed by atoms with Crippen LogP contribution in [0.4, 0.5) is 5.13 Å². The third kappa shape index (κ3) is 2.46. The van der Waals surface area contributed by atoms with E-state index in [0.29, 0.717) is 0 Å². The van der Waals surface area contributed by atoms with Gasteiger partial charge in [-0.05, 0) is 0 Å². The third-order valence-electron chi connectivity index (χ3n) is 2.44. The summed E-state index contributed by atoms with van der Waals surface area (Å²) < 4.78 is 0. The highest BCUT2D eigenvalue weighted by atomic mass is 32.1. The fourth-order valence-corrected chi connectivity index (χ4v) is 2.46. The molecule has 0 amide bonds. The summed E-state index contributed by atoms with van der Waals surface area (Å²) in [6.07, 6.45) is 0. The number of piperazine rings is 1. The van der Waals surface area contributed by atoms with E-state index in [9.17, 15) is 0 Å². The summed E-state index contributed by atoms with van der Waals surface area (Å²) in [5.74, 6) is 0. The van der Waals surface area contributed by atoms with E-state index in [1.165, 1.54) is 0 Å². The average Bonchev–Trinajstić information content (AvgIpc) is 2.67. The average molecular weight is 226 g/mol. The Morgan fingerprint density at radius 1 is 1.20 bits per heavy atom. The highest BCUT2D eigenvalue weighted by Gasteiger charge is 2.22. The molecule has 1 saturated heterocycles. The lowest BCUT2D eigenvalue weighted by atomic mass is 9.98. The summed E-state index contributed by atoms with van der Waals surface area (Å²) in [7, 11) is 0. The van der Waals surface area contributed by atoms with Crippen molar-refractivity contribution in [3.8, 4) is 0 Å². The fraction of sp³-hybridized carbons (Fsp3) is 0.800. The van der Waals surface area contributed by atoms with Gasteiger partial charge in [-0.3, -0.25) is 0 Å². The van der Waals surface area contributed by atoms with Crippen LogP contribution in [0.25, 0.3) is 0 Å². The molecule has 1 aliphatic rings. The molecule has 0 aromatic carbocycles. The van der Waals surface area contributed by atoms with Crippen molar-refractivity contribution in [3.63, 3.8) is 0 Å². The van der Waals surface area contributed by atoms with E-state index >= 15 is 0 Å². The van der Waals surface area contributed by atoms with Gasteiger partial charge in [0.15, 0.2) is 0 Å². The van der Waals surface area contributed by atoms with E-state index in [-0.39, 0.29) is 5.41 Å². The lowest BCUT2D eigenvalue weighted by molar-refractivity contribution is 0.574. The number of hydrogen-bond donors (Lipinski definition) is 1. The van der Waals surface area contributed by atoms with Gasteiger partial charge in [0.1, 0.15) is 5.01 Å². The van der Waals surface area contributed by atoms with Crippen molar-refractivity contribution in [3.05, 3.63) is 5.01 Å². The van der Waals surface area contributed by atoms with E-state index in [4.69, 9.17) is 0 Å². The Morgan fingerprint density at radius 3 is 2.40 bits per heavy atom. The van der Waals surface area contributed by atoms with Crippen LogP contribution < -0.4 is 10.2 Å². The molecule has 4 nitrogen and oxygen atoms in total. The Kier molecular flexibility index (Phi) is 2.93. The van der Waals surface area contributed by atoms with E-state index in [2.05, 4.69) is 41.2 Å². The lowest BCUT2D eigenvalue weighted by Gasteiger charge is -2.26. The number of aromatic nitrogens is 2. The first kappa shape index (κ1) is 10.8. The zero-order chi connectivity index (χ0) is 10.9. The standard InChI is InChI=1S/C10H18N4S/c1-10(2,3)8-12-13-9(15-8)14-6-4-11-5-7-14/h11H,4-7H2,1-3H3.